The third-order valence-corrected chi connectivity index (χ3v) is 3.50. The molecule has 1 aliphatic rings. The van der Waals surface area contributed by atoms with Crippen LogP contribution in [0.5, 0.6) is 0 Å². The lowest BCUT2D eigenvalue weighted by Gasteiger charge is -2.19. The van der Waals surface area contributed by atoms with E-state index in [0.717, 1.165) is 21.3 Å². The number of hydrogen-bond donors (Lipinski definition) is 2. The number of H-pyrrole nitrogens is 1. The second-order valence-electron chi connectivity index (χ2n) is 3.65. The van der Waals surface area contributed by atoms with Gasteiger partial charge in [0.2, 0.25) is 0 Å². The van der Waals surface area contributed by atoms with Crippen molar-refractivity contribution in [2.45, 2.75) is 16.7 Å². The molecule has 0 spiro atoms. The first kappa shape index (κ1) is 9.47. The van der Waals surface area contributed by atoms with Crippen molar-refractivity contribution in [1.82, 2.24) is 9.97 Å². The number of anilines is 2. The molecule has 2 N–H and O–H groups in total. The molecule has 0 fully saturated rings. The summed E-state index contributed by atoms with van der Waals surface area (Å²) < 4.78 is 0. The van der Waals surface area contributed by atoms with Crippen molar-refractivity contribution in [2.24, 2.45) is 0 Å². The first-order chi connectivity index (χ1) is 7.72. The minimum Gasteiger partial charge on any atom is -0.340 e. The van der Waals surface area contributed by atoms with Crippen molar-refractivity contribution in [3.05, 3.63) is 40.4 Å². The Balaban J connectivity index is 2.13. The quantitative estimate of drug-likeness (QED) is 0.623. The Kier molecular flexibility index (Phi) is 2.00. The molecule has 5 heteroatoms. The molecule has 0 amide bonds. The molecule has 2 heterocycles. The topological polar surface area (TPSA) is 57.8 Å². The molecule has 1 aliphatic heterocycles. The second kappa shape index (κ2) is 3.38. The third kappa shape index (κ3) is 1.49. The maximum atomic E-state index is 11.1. The summed E-state index contributed by atoms with van der Waals surface area (Å²) in [5.74, 6) is 0.725. The number of aryl methyl sites for hydroxylation is 1. The van der Waals surface area contributed by atoms with Crippen LogP contribution in [0.3, 0.4) is 0 Å². The fraction of sp³-hybridized carbons (Fsp3) is 0.0909. The number of hydrogen-bond acceptors (Lipinski definition) is 4. The molecule has 0 bridgehead atoms. The SMILES string of the molecule is Cc1ccc2c(c1)Nc1[nH]c(=O)ncc1S2. The second-order valence-corrected chi connectivity index (χ2v) is 4.74. The first-order valence-corrected chi connectivity index (χ1v) is 5.69. The molecule has 0 saturated heterocycles. The van der Waals surface area contributed by atoms with Crippen LogP contribution in [0.1, 0.15) is 5.56 Å². The third-order valence-electron chi connectivity index (χ3n) is 2.39. The Hall–Kier alpha value is -1.75. The fourth-order valence-corrected chi connectivity index (χ4v) is 2.54. The van der Waals surface area contributed by atoms with Gasteiger partial charge in [-0.2, -0.15) is 0 Å². The lowest BCUT2D eigenvalue weighted by atomic mass is 10.2. The summed E-state index contributed by atoms with van der Waals surface area (Å²) in [6.45, 7) is 2.04. The molecule has 2 aromatic rings. The van der Waals surface area contributed by atoms with Crippen LogP contribution in [0, 0.1) is 6.92 Å². The summed E-state index contributed by atoms with van der Waals surface area (Å²) in [6.07, 6.45) is 1.59. The average molecular weight is 231 g/mol. The molecular weight excluding hydrogens is 222 g/mol. The monoisotopic (exact) mass is 231 g/mol. The molecule has 80 valence electrons. The van der Waals surface area contributed by atoms with Crippen molar-refractivity contribution in [2.75, 3.05) is 5.32 Å². The van der Waals surface area contributed by atoms with Gasteiger partial charge in [-0.05, 0) is 24.6 Å². The normalized spacial score (nSPS) is 12.6. The van der Waals surface area contributed by atoms with E-state index in [0.29, 0.717) is 0 Å². The lowest BCUT2D eigenvalue weighted by Crippen LogP contribution is -2.14. The molecule has 0 aliphatic carbocycles. The summed E-state index contributed by atoms with van der Waals surface area (Å²) in [5.41, 5.74) is 1.88. The summed E-state index contributed by atoms with van der Waals surface area (Å²) >= 11 is 1.60. The molecule has 4 nitrogen and oxygen atoms in total. The van der Waals surface area contributed by atoms with E-state index in [1.807, 2.05) is 6.92 Å². The highest BCUT2D eigenvalue weighted by molar-refractivity contribution is 7.99. The number of nitrogens with zero attached hydrogens (tertiary/aromatic N) is 1. The van der Waals surface area contributed by atoms with Crippen LogP contribution < -0.4 is 11.0 Å². The Morgan fingerprint density at radius 1 is 1.31 bits per heavy atom. The molecule has 0 saturated carbocycles. The molecule has 0 radical (unpaired) electrons. The minimum atomic E-state index is -0.331. The van der Waals surface area contributed by atoms with E-state index in [1.54, 1.807) is 18.0 Å². The molecule has 1 aromatic carbocycles. The Labute approximate surface area is 96.1 Å². The number of fused-ring (bicyclic) bond motifs is 2. The van der Waals surface area contributed by atoms with E-state index in [-0.39, 0.29) is 5.69 Å². The van der Waals surface area contributed by atoms with Gasteiger partial charge in [0, 0.05) is 4.90 Å². The van der Waals surface area contributed by atoms with Crippen molar-refractivity contribution in [3.8, 4) is 0 Å². The molecule has 0 unspecified atom stereocenters. The number of aromatic nitrogens is 2. The van der Waals surface area contributed by atoms with E-state index in [2.05, 4.69) is 33.5 Å². The van der Waals surface area contributed by atoms with Gasteiger partial charge in [0.05, 0.1) is 16.8 Å². The van der Waals surface area contributed by atoms with Crippen molar-refractivity contribution < 1.29 is 0 Å². The molecule has 0 atom stereocenters. The first-order valence-electron chi connectivity index (χ1n) is 4.87. The zero-order chi connectivity index (χ0) is 11.1. The number of benzene rings is 1. The predicted octanol–water partition coefficient (Wildman–Crippen LogP) is 2.29. The summed E-state index contributed by atoms with van der Waals surface area (Å²) in [5, 5.41) is 3.21. The van der Waals surface area contributed by atoms with Gasteiger partial charge in [0.1, 0.15) is 5.82 Å². The number of rotatable bonds is 0. The Morgan fingerprint density at radius 2 is 2.19 bits per heavy atom. The van der Waals surface area contributed by atoms with Gasteiger partial charge in [0.15, 0.2) is 0 Å². The Morgan fingerprint density at radius 3 is 3.06 bits per heavy atom. The van der Waals surface area contributed by atoms with Gasteiger partial charge >= 0.3 is 5.69 Å². The van der Waals surface area contributed by atoms with Crippen LogP contribution in [-0.2, 0) is 0 Å². The zero-order valence-corrected chi connectivity index (χ0v) is 9.39. The van der Waals surface area contributed by atoms with Gasteiger partial charge in [-0.15, -0.1) is 0 Å². The number of aromatic amines is 1. The van der Waals surface area contributed by atoms with Crippen LogP contribution >= 0.6 is 11.8 Å². The minimum absolute atomic E-state index is 0.331. The average Bonchev–Trinajstić information content (AvgIpc) is 2.26. The summed E-state index contributed by atoms with van der Waals surface area (Å²) in [4.78, 5) is 19.6. The molecule has 3 rings (SSSR count). The van der Waals surface area contributed by atoms with Crippen LogP contribution in [0.2, 0.25) is 0 Å². The maximum Gasteiger partial charge on any atom is 0.346 e. The van der Waals surface area contributed by atoms with Gasteiger partial charge in [0.25, 0.3) is 0 Å². The maximum absolute atomic E-state index is 11.1. The highest BCUT2D eigenvalue weighted by Gasteiger charge is 2.16. The van der Waals surface area contributed by atoms with Crippen molar-refractivity contribution in [1.29, 1.82) is 0 Å². The van der Waals surface area contributed by atoms with Gasteiger partial charge in [-0.1, -0.05) is 17.8 Å². The van der Waals surface area contributed by atoms with Gasteiger partial charge < -0.3 is 5.32 Å². The molecular formula is C11H9N3OS. The van der Waals surface area contributed by atoms with Crippen molar-refractivity contribution >= 4 is 23.3 Å². The summed E-state index contributed by atoms with van der Waals surface area (Å²) in [6, 6.07) is 6.19. The van der Waals surface area contributed by atoms with Crippen LogP contribution in [-0.4, -0.2) is 9.97 Å². The highest BCUT2D eigenvalue weighted by atomic mass is 32.2. The molecule has 16 heavy (non-hydrogen) atoms. The van der Waals surface area contributed by atoms with Gasteiger partial charge in [-0.25, -0.2) is 9.78 Å². The van der Waals surface area contributed by atoms with E-state index < -0.39 is 0 Å². The van der Waals surface area contributed by atoms with Crippen LogP contribution in [0.25, 0.3) is 0 Å². The van der Waals surface area contributed by atoms with Crippen molar-refractivity contribution in [3.63, 3.8) is 0 Å². The highest BCUT2D eigenvalue weighted by Crippen LogP contribution is 2.42. The summed E-state index contributed by atoms with van der Waals surface area (Å²) in [7, 11) is 0. The van der Waals surface area contributed by atoms with Gasteiger partial charge in [-0.3, -0.25) is 4.98 Å². The Bertz CT molecular complexity index is 621. The van der Waals surface area contributed by atoms with Crippen LogP contribution in [0.15, 0.2) is 39.0 Å². The lowest BCUT2D eigenvalue weighted by molar-refractivity contribution is 1.02. The standard InChI is InChI=1S/C11H9N3OS/c1-6-2-3-8-7(4-6)13-10-9(16-8)5-12-11(15)14-10/h2-5H,1H3,(H2,12,13,14,15). The fourth-order valence-electron chi connectivity index (χ4n) is 1.64. The van der Waals surface area contributed by atoms with E-state index in [4.69, 9.17) is 0 Å². The number of nitrogens with one attached hydrogen (secondary N) is 2. The van der Waals surface area contributed by atoms with E-state index >= 15 is 0 Å². The van der Waals surface area contributed by atoms with E-state index in [1.165, 1.54) is 5.56 Å². The van der Waals surface area contributed by atoms with Crippen LogP contribution in [0.4, 0.5) is 11.5 Å². The zero-order valence-electron chi connectivity index (χ0n) is 8.57. The predicted molar refractivity (Wildman–Crippen MR) is 63.4 cm³/mol. The molecule has 1 aromatic heterocycles. The largest absolute Gasteiger partial charge is 0.346 e. The van der Waals surface area contributed by atoms with E-state index in [9.17, 15) is 4.79 Å². The smallest absolute Gasteiger partial charge is 0.340 e.